The molecule has 0 bridgehead atoms. The summed E-state index contributed by atoms with van der Waals surface area (Å²) >= 11 is 0. The molecule has 2 aromatic rings. The molecule has 0 aliphatic rings. The Balaban J connectivity index is 1.99. The zero-order valence-electron chi connectivity index (χ0n) is 11.8. The monoisotopic (exact) mass is 273 g/mol. The molecule has 106 valence electrons. The number of benzene rings is 1. The maximum Gasteiger partial charge on any atom is 0.287 e. The van der Waals surface area contributed by atoms with Crippen LogP contribution >= 0.6 is 0 Å². The fourth-order valence-corrected chi connectivity index (χ4v) is 1.90. The molecular formula is C16H19NO3. The molecule has 0 aliphatic heterocycles. The van der Waals surface area contributed by atoms with Crippen molar-refractivity contribution in [3.63, 3.8) is 0 Å². The van der Waals surface area contributed by atoms with Crippen LogP contribution < -0.4 is 10.1 Å². The zero-order valence-corrected chi connectivity index (χ0v) is 11.8. The number of hydrogen-bond donors (Lipinski definition) is 1. The Kier molecular flexibility index (Phi) is 4.82. The normalized spacial score (nSPS) is 10.3. The van der Waals surface area contributed by atoms with E-state index in [1.807, 2.05) is 44.2 Å². The van der Waals surface area contributed by atoms with E-state index in [1.165, 1.54) is 0 Å². The van der Waals surface area contributed by atoms with Crippen molar-refractivity contribution in [1.29, 1.82) is 0 Å². The predicted octanol–water partition coefficient (Wildman–Crippen LogP) is 3.17. The zero-order chi connectivity index (χ0) is 14.4. The van der Waals surface area contributed by atoms with Gasteiger partial charge in [0.1, 0.15) is 11.5 Å². The van der Waals surface area contributed by atoms with Crippen molar-refractivity contribution < 1.29 is 13.9 Å². The summed E-state index contributed by atoms with van der Waals surface area (Å²) in [7, 11) is 0. The Bertz CT molecular complexity index is 575. The van der Waals surface area contributed by atoms with Crippen molar-refractivity contribution in [1.82, 2.24) is 5.32 Å². The first-order valence-corrected chi connectivity index (χ1v) is 6.82. The molecule has 0 spiro atoms. The first-order chi connectivity index (χ1) is 9.74. The van der Waals surface area contributed by atoms with Crippen molar-refractivity contribution in [2.24, 2.45) is 0 Å². The maximum absolute atomic E-state index is 12.0. The van der Waals surface area contributed by atoms with Crippen molar-refractivity contribution in [2.75, 3.05) is 6.61 Å². The van der Waals surface area contributed by atoms with Crippen molar-refractivity contribution in [3.05, 3.63) is 53.5 Å². The second kappa shape index (κ2) is 6.80. The number of ether oxygens (including phenoxy) is 1. The van der Waals surface area contributed by atoms with Gasteiger partial charge in [-0.2, -0.15) is 0 Å². The number of carbonyl (C=O) groups is 1. The molecule has 0 atom stereocenters. The molecule has 20 heavy (non-hydrogen) atoms. The van der Waals surface area contributed by atoms with Crippen LogP contribution in [0.3, 0.4) is 0 Å². The smallest absolute Gasteiger partial charge is 0.287 e. The Morgan fingerprint density at radius 3 is 2.70 bits per heavy atom. The second-order valence-electron chi connectivity index (χ2n) is 4.34. The molecular weight excluding hydrogens is 254 g/mol. The van der Waals surface area contributed by atoms with Gasteiger partial charge >= 0.3 is 0 Å². The maximum atomic E-state index is 12.0. The number of furan rings is 1. The number of nitrogens with one attached hydrogen (secondary N) is 1. The number of hydrogen-bond acceptors (Lipinski definition) is 3. The molecule has 0 fully saturated rings. The summed E-state index contributed by atoms with van der Waals surface area (Å²) in [6.07, 6.45) is 0.778. The van der Waals surface area contributed by atoms with Crippen LogP contribution in [0.25, 0.3) is 0 Å². The summed E-state index contributed by atoms with van der Waals surface area (Å²) in [5.74, 6) is 1.74. The van der Waals surface area contributed by atoms with Crippen LogP contribution in [0.2, 0.25) is 0 Å². The average molecular weight is 273 g/mol. The van der Waals surface area contributed by atoms with Crippen LogP contribution in [0, 0.1) is 0 Å². The van der Waals surface area contributed by atoms with Gasteiger partial charge in [-0.15, -0.1) is 0 Å². The Morgan fingerprint density at radius 1 is 1.20 bits per heavy atom. The highest BCUT2D eigenvalue weighted by Crippen LogP contribution is 2.18. The van der Waals surface area contributed by atoms with Gasteiger partial charge in [-0.3, -0.25) is 4.79 Å². The minimum absolute atomic E-state index is 0.212. The van der Waals surface area contributed by atoms with Gasteiger partial charge in [0, 0.05) is 18.5 Å². The van der Waals surface area contributed by atoms with Gasteiger partial charge in [0.25, 0.3) is 5.91 Å². The molecule has 2 rings (SSSR count). The number of rotatable bonds is 6. The first kappa shape index (κ1) is 14.2. The van der Waals surface area contributed by atoms with Crippen LogP contribution in [-0.2, 0) is 13.0 Å². The fourth-order valence-electron chi connectivity index (χ4n) is 1.90. The van der Waals surface area contributed by atoms with E-state index in [0.717, 1.165) is 23.5 Å². The highest BCUT2D eigenvalue weighted by atomic mass is 16.5. The third-order valence-electron chi connectivity index (χ3n) is 2.95. The molecule has 0 saturated heterocycles. The second-order valence-corrected chi connectivity index (χ2v) is 4.34. The summed E-state index contributed by atoms with van der Waals surface area (Å²) in [5.41, 5.74) is 0.949. The first-order valence-electron chi connectivity index (χ1n) is 6.82. The third kappa shape index (κ3) is 3.41. The molecule has 1 aromatic carbocycles. The van der Waals surface area contributed by atoms with E-state index in [1.54, 1.807) is 6.07 Å². The number of carbonyl (C=O) groups excluding carboxylic acids is 1. The van der Waals surface area contributed by atoms with E-state index in [2.05, 4.69) is 5.32 Å². The number of aryl methyl sites for hydroxylation is 1. The molecule has 0 aliphatic carbocycles. The lowest BCUT2D eigenvalue weighted by Crippen LogP contribution is -2.22. The molecule has 0 unspecified atom stereocenters. The van der Waals surface area contributed by atoms with E-state index in [0.29, 0.717) is 18.9 Å². The van der Waals surface area contributed by atoms with E-state index in [4.69, 9.17) is 9.15 Å². The van der Waals surface area contributed by atoms with Crippen LogP contribution in [0.1, 0.15) is 35.7 Å². The molecule has 1 N–H and O–H groups in total. The molecule has 1 heterocycles. The Labute approximate surface area is 118 Å². The minimum atomic E-state index is -0.212. The number of amides is 1. The van der Waals surface area contributed by atoms with Crippen molar-refractivity contribution in [3.8, 4) is 5.75 Å². The van der Waals surface area contributed by atoms with E-state index in [-0.39, 0.29) is 5.91 Å². The number of para-hydroxylation sites is 1. The lowest BCUT2D eigenvalue weighted by molar-refractivity contribution is 0.0921. The quantitative estimate of drug-likeness (QED) is 0.879. The lowest BCUT2D eigenvalue weighted by atomic mass is 10.2. The van der Waals surface area contributed by atoms with Crippen LogP contribution in [0.4, 0.5) is 0 Å². The lowest BCUT2D eigenvalue weighted by Gasteiger charge is -2.10. The van der Waals surface area contributed by atoms with Gasteiger partial charge in [-0.05, 0) is 25.1 Å². The predicted molar refractivity (Wildman–Crippen MR) is 76.9 cm³/mol. The average Bonchev–Trinajstić information content (AvgIpc) is 2.95. The fraction of sp³-hybridized carbons (Fsp3) is 0.312. The third-order valence-corrected chi connectivity index (χ3v) is 2.95. The molecule has 1 aromatic heterocycles. The van der Waals surface area contributed by atoms with E-state index >= 15 is 0 Å². The van der Waals surface area contributed by atoms with Gasteiger partial charge in [-0.1, -0.05) is 25.1 Å². The van der Waals surface area contributed by atoms with Crippen LogP contribution in [-0.4, -0.2) is 12.5 Å². The Morgan fingerprint density at radius 2 is 2.00 bits per heavy atom. The van der Waals surface area contributed by atoms with Gasteiger partial charge in [0.15, 0.2) is 5.76 Å². The highest BCUT2D eigenvalue weighted by molar-refractivity contribution is 5.91. The molecule has 4 heteroatoms. The van der Waals surface area contributed by atoms with Gasteiger partial charge < -0.3 is 14.5 Å². The van der Waals surface area contributed by atoms with E-state index in [9.17, 15) is 4.79 Å². The highest BCUT2D eigenvalue weighted by Gasteiger charge is 2.11. The molecule has 0 radical (unpaired) electrons. The summed E-state index contributed by atoms with van der Waals surface area (Å²) in [6, 6.07) is 11.2. The summed E-state index contributed by atoms with van der Waals surface area (Å²) in [4.78, 5) is 12.0. The summed E-state index contributed by atoms with van der Waals surface area (Å²) < 4.78 is 10.9. The topological polar surface area (TPSA) is 51.5 Å². The van der Waals surface area contributed by atoms with Gasteiger partial charge in [-0.25, -0.2) is 0 Å². The Hall–Kier alpha value is -2.23. The largest absolute Gasteiger partial charge is 0.494 e. The van der Waals surface area contributed by atoms with Crippen LogP contribution in [0.15, 0.2) is 40.8 Å². The SMILES string of the molecule is CCOc1ccccc1CNC(=O)c1ccc(CC)o1. The minimum Gasteiger partial charge on any atom is -0.494 e. The van der Waals surface area contributed by atoms with Crippen molar-refractivity contribution >= 4 is 5.91 Å². The van der Waals surface area contributed by atoms with Gasteiger partial charge in [0.05, 0.1) is 6.61 Å². The molecule has 4 nitrogen and oxygen atoms in total. The van der Waals surface area contributed by atoms with Gasteiger partial charge in [0.2, 0.25) is 0 Å². The molecule has 0 saturated carbocycles. The standard InChI is InChI=1S/C16H19NO3/c1-3-13-9-10-15(20-13)16(18)17-11-12-7-5-6-8-14(12)19-4-2/h5-10H,3-4,11H2,1-2H3,(H,17,18). The van der Waals surface area contributed by atoms with E-state index < -0.39 is 0 Å². The van der Waals surface area contributed by atoms with Crippen LogP contribution in [0.5, 0.6) is 5.75 Å². The molecule has 1 amide bonds. The van der Waals surface area contributed by atoms with Crippen molar-refractivity contribution in [2.45, 2.75) is 26.8 Å². The summed E-state index contributed by atoms with van der Waals surface area (Å²) in [6.45, 7) is 4.93. The summed E-state index contributed by atoms with van der Waals surface area (Å²) in [5, 5.41) is 2.84.